The van der Waals surface area contributed by atoms with Gasteiger partial charge in [-0.25, -0.2) is 14.6 Å². The van der Waals surface area contributed by atoms with E-state index in [-0.39, 0.29) is 24.6 Å². The highest BCUT2D eigenvalue weighted by Crippen LogP contribution is 2.33. The Kier molecular flexibility index (Phi) is 10.3. The summed E-state index contributed by atoms with van der Waals surface area (Å²) in [6.45, 7) is 1.50. The number of carbonyl (C=O) groups is 1. The first-order chi connectivity index (χ1) is 22.2. The van der Waals surface area contributed by atoms with Crippen LogP contribution in [0, 0.1) is 0 Å². The van der Waals surface area contributed by atoms with Gasteiger partial charge in [0, 0.05) is 36.9 Å². The van der Waals surface area contributed by atoms with Gasteiger partial charge >= 0.3 is 10.5 Å². The molecule has 5 rings (SSSR count). The summed E-state index contributed by atoms with van der Waals surface area (Å²) in [6.07, 6.45) is 2.98. The highest BCUT2D eigenvalue weighted by atomic mass is 32.3. The van der Waals surface area contributed by atoms with Crippen LogP contribution in [0.4, 0.5) is 9.57 Å². The molecule has 0 aliphatic rings. The molecule has 46 heavy (non-hydrogen) atoms. The van der Waals surface area contributed by atoms with Gasteiger partial charge in [0.25, 0.3) is 5.91 Å². The summed E-state index contributed by atoms with van der Waals surface area (Å²) in [5, 5.41) is 11.7. The second-order valence-corrected chi connectivity index (χ2v) is 10.6. The summed E-state index contributed by atoms with van der Waals surface area (Å²) in [5.74, 6) is 0.217. The van der Waals surface area contributed by atoms with Crippen LogP contribution in [0.1, 0.15) is 16.1 Å². The number of rotatable bonds is 15. The van der Waals surface area contributed by atoms with Crippen molar-refractivity contribution in [2.24, 2.45) is 0 Å². The van der Waals surface area contributed by atoms with Gasteiger partial charge in [0.15, 0.2) is 11.5 Å². The van der Waals surface area contributed by atoms with Crippen molar-refractivity contribution in [3.05, 3.63) is 84.4 Å². The topological polar surface area (TPSA) is 166 Å². The lowest BCUT2D eigenvalue weighted by Crippen LogP contribution is -2.15. The molecule has 0 atom stereocenters. The third kappa shape index (κ3) is 8.50. The predicted molar refractivity (Wildman–Crippen MR) is 164 cm³/mol. The molecule has 2 heterocycles. The number of anilines is 1. The average molecular weight is 653 g/mol. The van der Waals surface area contributed by atoms with Crippen molar-refractivity contribution in [1.82, 2.24) is 25.0 Å². The van der Waals surface area contributed by atoms with Gasteiger partial charge in [-0.15, -0.1) is 5.10 Å². The smallest absolute Gasteiger partial charge is 0.487 e. The number of amides is 1. The van der Waals surface area contributed by atoms with Gasteiger partial charge in [-0.05, 0) is 35.9 Å². The van der Waals surface area contributed by atoms with Crippen LogP contribution in [0.25, 0.3) is 22.2 Å². The number of nitrogens with one attached hydrogen (secondary N) is 1. The molecular formula is C30H29FN6O8S. The quantitative estimate of drug-likeness (QED) is 0.129. The minimum Gasteiger partial charge on any atom is -0.487 e. The number of aromatic nitrogens is 5. The summed E-state index contributed by atoms with van der Waals surface area (Å²) in [4.78, 5) is 22.0. The molecule has 3 aromatic carbocycles. The van der Waals surface area contributed by atoms with Crippen LogP contribution in [-0.4, -0.2) is 79.9 Å². The number of nitrogens with zero attached hydrogens (tertiary/aromatic N) is 5. The molecule has 5 aromatic rings. The lowest BCUT2D eigenvalue weighted by Gasteiger charge is -2.15. The number of hydrogen-bond donors (Lipinski definition) is 1. The molecule has 240 valence electrons. The van der Waals surface area contributed by atoms with Gasteiger partial charge in [0.1, 0.15) is 36.7 Å². The molecule has 0 unspecified atom stereocenters. The zero-order valence-electron chi connectivity index (χ0n) is 24.8. The lowest BCUT2D eigenvalue weighted by molar-refractivity contribution is 0.102. The number of benzene rings is 3. The fourth-order valence-corrected chi connectivity index (χ4v) is 4.73. The van der Waals surface area contributed by atoms with Crippen LogP contribution < -0.4 is 19.0 Å². The summed E-state index contributed by atoms with van der Waals surface area (Å²) in [5.41, 5.74) is 2.90. The third-order valence-corrected chi connectivity index (χ3v) is 6.79. The first-order valence-electron chi connectivity index (χ1n) is 13.8. The zero-order valence-corrected chi connectivity index (χ0v) is 25.6. The molecule has 0 fully saturated rings. The van der Waals surface area contributed by atoms with Crippen LogP contribution in [0.3, 0.4) is 0 Å². The highest BCUT2D eigenvalue weighted by Gasteiger charge is 2.18. The van der Waals surface area contributed by atoms with Gasteiger partial charge < -0.3 is 28.4 Å². The molecule has 0 bridgehead atoms. The molecule has 0 radical (unpaired) electrons. The summed E-state index contributed by atoms with van der Waals surface area (Å²) >= 11 is 0. The van der Waals surface area contributed by atoms with Crippen LogP contribution in [0.15, 0.2) is 73.2 Å². The van der Waals surface area contributed by atoms with E-state index >= 15 is 0 Å². The summed E-state index contributed by atoms with van der Waals surface area (Å²) < 4.78 is 62.2. The van der Waals surface area contributed by atoms with E-state index in [2.05, 4.69) is 29.8 Å². The van der Waals surface area contributed by atoms with Crippen LogP contribution in [0.2, 0.25) is 0 Å². The van der Waals surface area contributed by atoms with E-state index in [9.17, 15) is 17.1 Å². The monoisotopic (exact) mass is 652 g/mol. The number of fused-ring (bicyclic) bond motifs is 1. The first-order valence-corrected chi connectivity index (χ1v) is 15.1. The zero-order chi connectivity index (χ0) is 32.5. The second kappa shape index (κ2) is 14.7. The molecule has 0 aliphatic heterocycles. The van der Waals surface area contributed by atoms with Crippen molar-refractivity contribution in [1.29, 1.82) is 0 Å². The van der Waals surface area contributed by atoms with Gasteiger partial charge in [-0.2, -0.15) is 8.42 Å². The molecule has 16 heteroatoms. The van der Waals surface area contributed by atoms with Crippen LogP contribution in [-0.2, 0) is 26.5 Å². The van der Waals surface area contributed by atoms with Crippen molar-refractivity contribution in [2.45, 2.75) is 6.54 Å². The van der Waals surface area contributed by atoms with E-state index in [1.165, 1.54) is 29.2 Å². The number of ether oxygens (including phenoxy) is 4. The predicted octanol–water partition coefficient (Wildman–Crippen LogP) is 3.83. The number of hydrogen-bond acceptors (Lipinski definition) is 12. The molecule has 0 saturated carbocycles. The third-order valence-electron chi connectivity index (χ3n) is 6.40. The number of carbonyl (C=O) groups excluding carboxylic acids is 1. The SMILES string of the molecule is COCCOc1cc2ncnc(C(=O)Nc3cccc(-c4cn(Cc5cccc(OS(=O)(=O)F)c5)nn4)c3)c2cc1OCCOC. The van der Waals surface area contributed by atoms with E-state index in [1.54, 1.807) is 62.9 Å². The van der Waals surface area contributed by atoms with Gasteiger partial charge in [-0.3, -0.25) is 4.79 Å². The Bertz CT molecular complexity index is 1940. The van der Waals surface area contributed by atoms with Crippen LogP contribution >= 0.6 is 0 Å². The highest BCUT2D eigenvalue weighted by molar-refractivity contribution is 7.81. The maximum atomic E-state index is 13.5. The fraction of sp³-hybridized carbons (Fsp3) is 0.233. The summed E-state index contributed by atoms with van der Waals surface area (Å²) in [7, 11) is -2.00. The number of halogens is 1. The maximum absolute atomic E-state index is 13.5. The minimum atomic E-state index is -5.14. The lowest BCUT2D eigenvalue weighted by atomic mass is 10.1. The van der Waals surface area contributed by atoms with Crippen molar-refractivity contribution < 1.29 is 40.2 Å². The number of methoxy groups -OCH3 is 2. The molecule has 0 spiro atoms. The Morgan fingerprint density at radius 3 is 2.39 bits per heavy atom. The first kappa shape index (κ1) is 32.2. The van der Waals surface area contributed by atoms with Crippen molar-refractivity contribution in [3.63, 3.8) is 0 Å². The van der Waals surface area contributed by atoms with E-state index in [0.717, 1.165) is 0 Å². The van der Waals surface area contributed by atoms with Crippen molar-refractivity contribution in [3.8, 4) is 28.5 Å². The molecule has 0 saturated heterocycles. The molecule has 1 N–H and O–H groups in total. The molecule has 1 amide bonds. The van der Waals surface area contributed by atoms with E-state index in [1.807, 2.05) is 0 Å². The molecular weight excluding hydrogens is 623 g/mol. The van der Waals surface area contributed by atoms with Gasteiger partial charge in [0.2, 0.25) is 0 Å². The van der Waals surface area contributed by atoms with Crippen molar-refractivity contribution >= 4 is 33.0 Å². The maximum Gasteiger partial charge on any atom is 0.488 e. The second-order valence-electron chi connectivity index (χ2n) is 9.68. The minimum absolute atomic E-state index is 0.133. The largest absolute Gasteiger partial charge is 0.488 e. The Morgan fingerprint density at radius 2 is 1.65 bits per heavy atom. The van der Waals surface area contributed by atoms with Crippen molar-refractivity contribution in [2.75, 3.05) is 46.0 Å². The van der Waals surface area contributed by atoms with Gasteiger partial charge in [0.05, 0.1) is 31.5 Å². The van der Waals surface area contributed by atoms with E-state index < -0.39 is 16.4 Å². The molecule has 14 nitrogen and oxygen atoms in total. The average Bonchev–Trinajstić information content (AvgIpc) is 3.49. The Labute approximate surface area is 263 Å². The van der Waals surface area contributed by atoms with Crippen LogP contribution in [0.5, 0.6) is 17.2 Å². The normalized spacial score (nSPS) is 11.4. The Balaban J connectivity index is 1.33. The summed E-state index contributed by atoms with van der Waals surface area (Å²) in [6, 6.07) is 16.3. The van der Waals surface area contributed by atoms with E-state index in [4.69, 9.17) is 18.9 Å². The van der Waals surface area contributed by atoms with Gasteiger partial charge in [-0.1, -0.05) is 33.4 Å². The van der Waals surface area contributed by atoms with E-state index in [0.29, 0.717) is 64.7 Å². The fourth-order valence-electron chi connectivity index (χ4n) is 4.39. The molecule has 0 aliphatic carbocycles. The Hall–Kier alpha value is -5.19. The molecule has 2 aromatic heterocycles. The standard InChI is InChI=1S/C30H29FN6O8S/c1-41-9-11-43-27-15-24-25(16-28(27)44-12-10-42-2)32-19-33-29(24)30(38)34-22-7-4-6-21(14-22)26-18-37(36-35-26)17-20-5-3-8-23(13-20)45-46(31,39)40/h3-8,13-16,18-19H,9-12,17H2,1-2H3,(H,34,38). The Morgan fingerprint density at radius 1 is 0.913 bits per heavy atom.